The highest BCUT2D eigenvalue weighted by molar-refractivity contribution is 5.29. The van der Waals surface area contributed by atoms with Crippen molar-refractivity contribution in [1.29, 1.82) is 5.26 Å². The molecule has 1 aromatic carbocycles. The third-order valence-corrected chi connectivity index (χ3v) is 2.05. The maximum absolute atomic E-state index is 13.0. The number of aromatic nitrogens is 2. The molecule has 0 N–H and O–H groups in total. The monoisotopic (exact) mass is 247 g/mol. The predicted molar refractivity (Wildman–Crippen MR) is 57.9 cm³/mol. The molecule has 0 amide bonds. The first-order chi connectivity index (χ1) is 8.58. The summed E-state index contributed by atoms with van der Waals surface area (Å²) in [5.41, 5.74) is 0.680. The lowest BCUT2D eigenvalue weighted by molar-refractivity contribution is 0.429. The quantitative estimate of drug-likeness (QED) is 0.818. The first-order valence-corrected chi connectivity index (χ1v) is 4.97. The first kappa shape index (κ1) is 11.9. The van der Waals surface area contributed by atoms with Crippen molar-refractivity contribution in [2.24, 2.45) is 0 Å². The molecule has 18 heavy (non-hydrogen) atoms. The van der Waals surface area contributed by atoms with Crippen molar-refractivity contribution in [2.75, 3.05) is 0 Å². The third-order valence-electron chi connectivity index (χ3n) is 2.05. The number of aryl methyl sites for hydroxylation is 1. The molecule has 0 saturated heterocycles. The van der Waals surface area contributed by atoms with Crippen molar-refractivity contribution in [3.63, 3.8) is 0 Å². The maximum atomic E-state index is 13.0. The van der Waals surface area contributed by atoms with E-state index in [9.17, 15) is 8.78 Å². The predicted octanol–water partition coefficient (Wildman–Crippen LogP) is 2.73. The fourth-order valence-corrected chi connectivity index (χ4v) is 1.29. The van der Waals surface area contributed by atoms with E-state index < -0.39 is 11.6 Å². The Kier molecular flexibility index (Phi) is 3.15. The van der Waals surface area contributed by atoms with Gasteiger partial charge in [-0.15, -0.1) is 0 Å². The minimum Gasteiger partial charge on any atom is -0.424 e. The highest BCUT2D eigenvalue weighted by Crippen LogP contribution is 2.20. The fraction of sp³-hybridized carbons (Fsp3) is 0.0833. The van der Waals surface area contributed by atoms with Crippen LogP contribution in [0.15, 0.2) is 24.3 Å². The molecule has 6 heteroatoms. The molecule has 0 spiro atoms. The van der Waals surface area contributed by atoms with E-state index in [1.165, 1.54) is 12.1 Å². The first-order valence-electron chi connectivity index (χ1n) is 4.97. The summed E-state index contributed by atoms with van der Waals surface area (Å²) in [5, 5.41) is 8.73. The molecule has 0 unspecified atom stereocenters. The van der Waals surface area contributed by atoms with E-state index in [1.54, 1.807) is 6.92 Å². The van der Waals surface area contributed by atoms with Crippen molar-refractivity contribution in [3.8, 4) is 17.8 Å². The van der Waals surface area contributed by atoms with Crippen molar-refractivity contribution < 1.29 is 13.5 Å². The molecule has 0 saturated carbocycles. The highest BCUT2D eigenvalue weighted by atomic mass is 19.2. The highest BCUT2D eigenvalue weighted by Gasteiger charge is 2.07. The Morgan fingerprint density at radius 1 is 1.17 bits per heavy atom. The lowest BCUT2D eigenvalue weighted by atomic mass is 10.3. The third kappa shape index (κ3) is 2.58. The van der Waals surface area contributed by atoms with Crippen molar-refractivity contribution in [3.05, 3.63) is 47.3 Å². The van der Waals surface area contributed by atoms with E-state index >= 15 is 0 Å². The van der Waals surface area contributed by atoms with Gasteiger partial charge in [0.05, 0.1) is 0 Å². The van der Waals surface area contributed by atoms with Gasteiger partial charge in [-0.05, 0) is 25.1 Å². The molecule has 0 radical (unpaired) electrons. The number of nitriles is 1. The summed E-state index contributed by atoms with van der Waals surface area (Å²) in [7, 11) is 0. The van der Waals surface area contributed by atoms with Gasteiger partial charge in [0.15, 0.2) is 11.6 Å². The maximum Gasteiger partial charge on any atom is 0.323 e. The molecule has 90 valence electrons. The number of ether oxygens (including phenoxy) is 1. The van der Waals surface area contributed by atoms with E-state index in [-0.39, 0.29) is 17.5 Å². The van der Waals surface area contributed by atoms with Crippen LogP contribution in [0.3, 0.4) is 0 Å². The van der Waals surface area contributed by atoms with Crippen molar-refractivity contribution in [1.82, 2.24) is 9.97 Å². The summed E-state index contributed by atoms with van der Waals surface area (Å²) >= 11 is 0. The minimum atomic E-state index is -1.03. The second-order valence-electron chi connectivity index (χ2n) is 3.47. The van der Waals surface area contributed by atoms with Crippen LogP contribution < -0.4 is 4.74 Å². The van der Waals surface area contributed by atoms with Crippen molar-refractivity contribution >= 4 is 0 Å². The number of rotatable bonds is 2. The molecule has 0 atom stereocenters. The van der Waals surface area contributed by atoms with Gasteiger partial charge in [0, 0.05) is 11.8 Å². The van der Waals surface area contributed by atoms with Gasteiger partial charge in [0.1, 0.15) is 17.5 Å². The van der Waals surface area contributed by atoms with E-state index in [1.807, 2.05) is 6.07 Å². The fourth-order valence-electron chi connectivity index (χ4n) is 1.29. The van der Waals surface area contributed by atoms with E-state index in [0.29, 0.717) is 5.69 Å². The standard InChI is InChI=1S/C12H7F2N3O/c1-7-4-8(6-15)17-12(16-7)18-9-2-3-10(13)11(14)5-9/h2-5H,1H3. The average molecular weight is 247 g/mol. The summed E-state index contributed by atoms with van der Waals surface area (Å²) in [6.45, 7) is 1.67. The smallest absolute Gasteiger partial charge is 0.323 e. The molecule has 0 aliphatic carbocycles. The van der Waals surface area contributed by atoms with Crippen LogP contribution in [0, 0.1) is 29.9 Å². The molecule has 0 aliphatic heterocycles. The number of hydrogen-bond donors (Lipinski definition) is 0. The van der Waals surface area contributed by atoms with Crippen LogP contribution >= 0.6 is 0 Å². The van der Waals surface area contributed by atoms with E-state index in [0.717, 1.165) is 12.1 Å². The molecule has 4 nitrogen and oxygen atoms in total. The Morgan fingerprint density at radius 2 is 1.94 bits per heavy atom. The largest absolute Gasteiger partial charge is 0.424 e. The van der Waals surface area contributed by atoms with Gasteiger partial charge in [0.2, 0.25) is 0 Å². The SMILES string of the molecule is Cc1cc(C#N)nc(Oc2ccc(F)c(F)c2)n1. The zero-order valence-corrected chi connectivity index (χ0v) is 9.32. The van der Waals surface area contributed by atoms with Gasteiger partial charge < -0.3 is 4.74 Å². The Morgan fingerprint density at radius 3 is 2.61 bits per heavy atom. The molecular weight excluding hydrogens is 240 g/mol. The lowest BCUT2D eigenvalue weighted by Gasteiger charge is -2.04. The van der Waals surface area contributed by atoms with Crippen LogP contribution in [0.1, 0.15) is 11.4 Å². The zero-order valence-electron chi connectivity index (χ0n) is 9.32. The Hall–Kier alpha value is -2.55. The number of halogens is 2. The summed E-state index contributed by atoms with van der Waals surface area (Å²) < 4.78 is 30.8. The zero-order chi connectivity index (χ0) is 13.1. The summed E-state index contributed by atoms with van der Waals surface area (Å²) in [6, 6.07) is 6.31. The number of nitrogens with zero attached hydrogens (tertiary/aromatic N) is 3. The van der Waals surface area contributed by atoms with Crippen LogP contribution in [0.4, 0.5) is 8.78 Å². The molecule has 0 bridgehead atoms. The van der Waals surface area contributed by atoms with Crippen molar-refractivity contribution in [2.45, 2.75) is 6.92 Å². The van der Waals surface area contributed by atoms with Crippen LogP contribution in [-0.2, 0) is 0 Å². The second-order valence-corrected chi connectivity index (χ2v) is 3.47. The van der Waals surface area contributed by atoms with E-state index in [2.05, 4.69) is 9.97 Å². The summed E-state index contributed by atoms with van der Waals surface area (Å²) in [5.74, 6) is -1.94. The molecule has 1 heterocycles. The topological polar surface area (TPSA) is 58.8 Å². The lowest BCUT2D eigenvalue weighted by Crippen LogP contribution is -1.97. The number of hydrogen-bond acceptors (Lipinski definition) is 4. The van der Waals surface area contributed by atoms with Crippen LogP contribution in [-0.4, -0.2) is 9.97 Å². The normalized spacial score (nSPS) is 9.89. The van der Waals surface area contributed by atoms with Gasteiger partial charge in [0.25, 0.3) is 0 Å². The summed E-state index contributed by atoms with van der Waals surface area (Å²) in [4.78, 5) is 7.72. The van der Waals surface area contributed by atoms with Gasteiger partial charge >= 0.3 is 6.01 Å². The molecule has 2 rings (SSSR count). The average Bonchev–Trinajstić information content (AvgIpc) is 2.33. The van der Waals surface area contributed by atoms with Gasteiger partial charge in [-0.3, -0.25) is 0 Å². The van der Waals surface area contributed by atoms with Gasteiger partial charge in [-0.2, -0.15) is 10.2 Å². The number of benzene rings is 1. The van der Waals surface area contributed by atoms with E-state index in [4.69, 9.17) is 10.00 Å². The van der Waals surface area contributed by atoms with Gasteiger partial charge in [-0.25, -0.2) is 13.8 Å². The van der Waals surface area contributed by atoms with Gasteiger partial charge in [-0.1, -0.05) is 0 Å². The second kappa shape index (κ2) is 4.75. The summed E-state index contributed by atoms with van der Waals surface area (Å²) in [6.07, 6.45) is 0. The molecule has 1 aromatic heterocycles. The Balaban J connectivity index is 2.31. The molecule has 0 aliphatic rings. The molecule has 2 aromatic rings. The van der Waals surface area contributed by atoms with Crippen LogP contribution in [0.25, 0.3) is 0 Å². The van der Waals surface area contributed by atoms with Crippen LogP contribution in [0.5, 0.6) is 11.8 Å². The molecular formula is C12H7F2N3O. The molecule has 0 fully saturated rings. The Bertz CT molecular complexity index is 638. The Labute approximate surface area is 101 Å². The van der Waals surface area contributed by atoms with Crippen LogP contribution in [0.2, 0.25) is 0 Å². The minimum absolute atomic E-state index is 0.0587.